The van der Waals surface area contributed by atoms with Crippen LogP contribution in [0.15, 0.2) is 24.3 Å². The summed E-state index contributed by atoms with van der Waals surface area (Å²) in [6.45, 7) is 3.73. The van der Waals surface area contributed by atoms with Crippen molar-refractivity contribution >= 4 is 23.6 Å². The van der Waals surface area contributed by atoms with E-state index in [2.05, 4.69) is 4.74 Å². The highest BCUT2D eigenvalue weighted by atomic mass is 32.2. The van der Waals surface area contributed by atoms with E-state index >= 15 is 0 Å². The van der Waals surface area contributed by atoms with E-state index in [0.29, 0.717) is 5.56 Å². The van der Waals surface area contributed by atoms with Gasteiger partial charge in [0.15, 0.2) is 0 Å². The molecule has 0 radical (unpaired) electrons. The lowest BCUT2D eigenvalue weighted by molar-refractivity contribution is -0.141. The predicted molar refractivity (Wildman–Crippen MR) is 81.8 cm³/mol. The maximum absolute atomic E-state index is 12.4. The minimum atomic E-state index is -0.411. The zero-order valence-corrected chi connectivity index (χ0v) is 13.2. The standard InChI is InChI=1S/C15H21NO3S/c1-11(2)16(9-14(17)19-3)15(18)13-7-5-12(6-8-13)10-20-4/h5-8,11H,9-10H2,1-4H3. The van der Waals surface area contributed by atoms with Crippen molar-refractivity contribution in [3.05, 3.63) is 35.4 Å². The zero-order valence-electron chi connectivity index (χ0n) is 12.4. The van der Waals surface area contributed by atoms with E-state index in [1.165, 1.54) is 17.6 Å². The van der Waals surface area contributed by atoms with Crippen molar-refractivity contribution in [3.8, 4) is 0 Å². The number of amides is 1. The number of rotatable bonds is 6. The molecule has 1 aromatic carbocycles. The Balaban J connectivity index is 2.86. The van der Waals surface area contributed by atoms with Gasteiger partial charge in [0, 0.05) is 17.4 Å². The molecule has 110 valence electrons. The van der Waals surface area contributed by atoms with Gasteiger partial charge in [-0.25, -0.2) is 0 Å². The van der Waals surface area contributed by atoms with E-state index in [1.807, 2.05) is 32.2 Å². The van der Waals surface area contributed by atoms with Crippen molar-refractivity contribution in [1.29, 1.82) is 0 Å². The van der Waals surface area contributed by atoms with E-state index in [1.54, 1.807) is 23.9 Å². The lowest BCUT2D eigenvalue weighted by atomic mass is 10.1. The number of thioether (sulfide) groups is 1. The Kier molecular flexibility index (Phi) is 6.58. The number of hydrogen-bond donors (Lipinski definition) is 0. The molecule has 1 rings (SSSR count). The Hall–Kier alpha value is -1.49. The number of carbonyl (C=O) groups is 2. The SMILES string of the molecule is COC(=O)CN(C(=O)c1ccc(CSC)cc1)C(C)C. The van der Waals surface area contributed by atoms with E-state index in [9.17, 15) is 9.59 Å². The van der Waals surface area contributed by atoms with Crippen LogP contribution in [0.3, 0.4) is 0 Å². The van der Waals surface area contributed by atoms with Crippen molar-refractivity contribution in [2.24, 2.45) is 0 Å². The number of ether oxygens (including phenoxy) is 1. The van der Waals surface area contributed by atoms with Crippen LogP contribution in [0.4, 0.5) is 0 Å². The Labute approximate surface area is 124 Å². The summed E-state index contributed by atoms with van der Waals surface area (Å²) in [7, 11) is 1.32. The fourth-order valence-corrected chi connectivity index (χ4v) is 2.29. The van der Waals surface area contributed by atoms with Crippen LogP contribution in [0.5, 0.6) is 0 Å². The average molecular weight is 295 g/mol. The van der Waals surface area contributed by atoms with Gasteiger partial charge in [0.2, 0.25) is 0 Å². The fraction of sp³-hybridized carbons (Fsp3) is 0.467. The van der Waals surface area contributed by atoms with Gasteiger partial charge in [-0.05, 0) is 37.8 Å². The van der Waals surface area contributed by atoms with E-state index in [4.69, 9.17) is 0 Å². The molecule has 0 heterocycles. The number of methoxy groups -OCH3 is 1. The molecule has 0 aliphatic carbocycles. The van der Waals surface area contributed by atoms with Crippen molar-refractivity contribution < 1.29 is 14.3 Å². The first-order valence-corrected chi connectivity index (χ1v) is 7.84. The van der Waals surface area contributed by atoms with Crippen LogP contribution in [-0.2, 0) is 15.3 Å². The summed E-state index contributed by atoms with van der Waals surface area (Å²) in [4.78, 5) is 25.3. The summed E-state index contributed by atoms with van der Waals surface area (Å²) < 4.78 is 4.63. The van der Waals surface area contributed by atoms with Gasteiger partial charge in [-0.3, -0.25) is 9.59 Å². The molecule has 1 amide bonds. The van der Waals surface area contributed by atoms with Gasteiger partial charge in [-0.15, -0.1) is 0 Å². The molecule has 4 nitrogen and oxygen atoms in total. The molecule has 0 aromatic heterocycles. The highest BCUT2D eigenvalue weighted by molar-refractivity contribution is 7.97. The fourth-order valence-electron chi connectivity index (χ4n) is 1.77. The molecule has 0 aliphatic rings. The topological polar surface area (TPSA) is 46.6 Å². The Morgan fingerprint density at radius 1 is 1.25 bits per heavy atom. The summed E-state index contributed by atoms with van der Waals surface area (Å²) in [5.41, 5.74) is 1.77. The van der Waals surface area contributed by atoms with Gasteiger partial charge in [-0.1, -0.05) is 12.1 Å². The first-order valence-electron chi connectivity index (χ1n) is 6.45. The van der Waals surface area contributed by atoms with Crippen molar-refractivity contribution in [1.82, 2.24) is 4.90 Å². The van der Waals surface area contributed by atoms with E-state index < -0.39 is 5.97 Å². The second-order valence-corrected chi connectivity index (χ2v) is 5.60. The highest BCUT2D eigenvalue weighted by Crippen LogP contribution is 2.13. The molecule has 0 fully saturated rings. The van der Waals surface area contributed by atoms with Gasteiger partial charge in [0.1, 0.15) is 6.54 Å². The van der Waals surface area contributed by atoms with Crippen LogP contribution < -0.4 is 0 Å². The van der Waals surface area contributed by atoms with E-state index in [-0.39, 0.29) is 18.5 Å². The summed E-state index contributed by atoms with van der Waals surface area (Å²) >= 11 is 1.74. The number of benzene rings is 1. The van der Waals surface area contributed by atoms with Gasteiger partial charge < -0.3 is 9.64 Å². The molecule has 0 saturated carbocycles. The molecule has 0 aliphatic heterocycles. The zero-order chi connectivity index (χ0) is 15.1. The lowest BCUT2D eigenvalue weighted by Gasteiger charge is -2.25. The molecule has 0 N–H and O–H groups in total. The third-order valence-corrected chi connectivity index (χ3v) is 3.55. The Morgan fingerprint density at radius 3 is 2.30 bits per heavy atom. The largest absolute Gasteiger partial charge is 0.468 e. The number of hydrogen-bond acceptors (Lipinski definition) is 4. The Bertz CT molecular complexity index is 457. The van der Waals surface area contributed by atoms with Gasteiger partial charge >= 0.3 is 5.97 Å². The molecule has 20 heavy (non-hydrogen) atoms. The van der Waals surface area contributed by atoms with Crippen LogP contribution in [0.1, 0.15) is 29.8 Å². The van der Waals surface area contributed by atoms with Crippen molar-refractivity contribution in [3.63, 3.8) is 0 Å². The minimum Gasteiger partial charge on any atom is -0.468 e. The number of carbonyl (C=O) groups excluding carboxylic acids is 2. The molecular formula is C15H21NO3S. The third kappa shape index (κ3) is 4.56. The summed E-state index contributed by atoms with van der Waals surface area (Å²) in [6, 6.07) is 7.44. The molecule has 0 atom stereocenters. The first-order chi connectivity index (χ1) is 9.49. The van der Waals surface area contributed by atoms with Crippen molar-refractivity contribution in [2.45, 2.75) is 25.6 Å². The maximum atomic E-state index is 12.4. The van der Waals surface area contributed by atoms with Crippen molar-refractivity contribution in [2.75, 3.05) is 19.9 Å². The average Bonchev–Trinajstić information content (AvgIpc) is 2.44. The molecule has 1 aromatic rings. The monoisotopic (exact) mass is 295 g/mol. The smallest absolute Gasteiger partial charge is 0.325 e. The second-order valence-electron chi connectivity index (χ2n) is 4.73. The van der Waals surface area contributed by atoms with E-state index in [0.717, 1.165) is 5.75 Å². The number of esters is 1. The van der Waals surface area contributed by atoms with Crippen LogP contribution >= 0.6 is 11.8 Å². The van der Waals surface area contributed by atoms with Crippen LogP contribution in [0.25, 0.3) is 0 Å². The highest BCUT2D eigenvalue weighted by Gasteiger charge is 2.21. The second kappa shape index (κ2) is 7.94. The molecule has 0 bridgehead atoms. The van der Waals surface area contributed by atoms with Crippen LogP contribution in [-0.4, -0.2) is 42.7 Å². The number of nitrogens with zero attached hydrogens (tertiary/aromatic N) is 1. The molecule has 0 spiro atoms. The third-order valence-electron chi connectivity index (χ3n) is 2.92. The predicted octanol–water partition coefficient (Wildman–Crippen LogP) is 2.57. The van der Waals surface area contributed by atoms with Crippen LogP contribution in [0, 0.1) is 0 Å². The quantitative estimate of drug-likeness (QED) is 0.757. The summed E-state index contributed by atoms with van der Waals surface area (Å²) in [6.07, 6.45) is 2.04. The Morgan fingerprint density at radius 2 is 1.85 bits per heavy atom. The van der Waals surface area contributed by atoms with Crippen LogP contribution in [0.2, 0.25) is 0 Å². The normalized spacial score (nSPS) is 10.4. The molecular weight excluding hydrogens is 274 g/mol. The summed E-state index contributed by atoms with van der Waals surface area (Å²) in [5, 5.41) is 0. The molecule has 5 heteroatoms. The van der Waals surface area contributed by atoms with Gasteiger partial charge in [-0.2, -0.15) is 11.8 Å². The first kappa shape index (κ1) is 16.6. The molecule has 0 unspecified atom stereocenters. The van der Waals surface area contributed by atoms with Gasteiger partial charge in [0.05, 0.1) is 7.11 Å². The summed E-state index contributed by atoms with van der Waals surface area (Å²) in [5.74, 6) is 0.358. The minimum absolute atomic E-state index is 0.0282. The lowest BCUT2D eigenvalue weighted by Crippen LogP contribution is -2.41. The molecule has 0 saturated heterocycles. The van der Waals surface area contributed by atoms with Gasteiger partial charge in [0.25, 0.3) is 5.91 Å². The maximum Gasteiger partial charge on any atom is 0.325 e.